The minimum absolute atomic E-state index is 0.0315. The zero-order chi connectivity index (χ0) is 45.2. The van der Waals surface area contributed by atoms with Gasteiger partial charge in [0.25, 0.3) is 0 Å². The van der Waals surface area contributed by atoms with Crippen LogP contribution in [0.5, 0.6) is 0 Å². The van der Waals surface area contributed by atoms with Gasteiger partial charge >= 0.3 is 6.85 Å². The van der Waals surface area contributed by atoms with E-state index >= 15 is 0 Å². The van der Waals surface area contributed by atoms with Crippen LogP contribution in [-0.4, -0.2) is 6.85 Å². The van der Waals surface area contributed by atoms with Gasteiger partial charge in [0.1, 0.15) is 11.2 Å². The van der Waals surface area contributed by atoms with Crippen LogP contribution in [0.3, 0.4) is 0 Å². The molecule has 0 bridgehead atoms. The first-order valence-corrected chi connectivity index (χ1v) is 23.9. The molecule has 0 amide bonds. The van der Waals surface area contributed by atoms with E-state index in [9.17, 15) is 0 Å². The van der Waals surface area contributed by atoms with E-state index in [0.29, 0.717) is 0 Å². The first-order chi connectivity index (χ1) is 32.6. The minimum Gasteiger partial charge on any atom is -0.456 e. The largest absolute Gasteiger partial charge is 0.456 e. The molecule has 1 aromatic heterocycles. The average Bonchev–Trinajstić information content (AvgIpc) is 3.74. The SMILES string of the molecule is Cc1cc2c(cc1N1c3ccc(-c4ccccc4)cc3B3c4c1cc1oc5ccccc5c1c4-c1ccc(-c4ccccc4)cc1N3c1cccc(-c3ccccc3)c1)C(C)(C)CCC2(C)C. The van der Waals surface area contributed by atoms with Gasteiger partial charge in [-0.3, -0.25) is 0 Å². The highest BCUT2D eigenvalue weighted by atomic mass is 16.3. The molecular formula is C63H51BN2O. The molecule has 67 heavy (non-hydrogen) atoms. The third-order valence-electron chi connectivity index (χ3n) is 15.4. The van der Waals surface area contributed by atoms with Crippen LogP contribution in [0.2, 0.25) is 0 Å². The maximum atomic E-state index is 6.99. The number of rotatable bonds is 5. The second-order valence-electron chi connectivity index (χ2n) is 20.4. The molecule has 1 aliphatic carbocycles. The third-order valence-corrected chi connectivity index (χ3v) is 15.4. The van der Waals surface area contributed by atoms with Crippen LogP contribution in [-0.2, 0) is 10.8 Å². The predicted octanol–water partition coefficient (Wildman–Crippen LogP) is 16.0. The first kappa shape index (κ1) is 39.8. The molecule has 13 rings (SSSR count). The Hall–Kier alpha value is -7.56. The second kappa shape index (κ2) is 14.7. The molecule has 3 aliphatic rings. The summed E-state index contributed by atoms with van der Waals surface area (Å²) >= 11 is 0. The van der Waals surface area contributed by atoms with E-state index in [1.165, 1.54) is 101 Å². The van der Waals surface area contributed by atoms with E-state index in [1.807, 2.05) is 0 Å². The van der Waals surface area contributed by atoms with Crippen LogP contribution in [0.15, 0.2) is 199 Å². The maximum absolute atomic E-state index is 6.99. The van der Waals surface area contributed by atoms with Crippen molar-refractivity contribution in [3.05, 3.63) is 211 Å². The molecule has 0 saturated heterocycles. The van der Waals surface area contributed by atoms with Gasteiger partial charge in [0.05, 0.1) is 0 Å². The van der Waals surface area contributed by atoms with E-state index in [2.05, 4.69) is 238 Å². The van der Waals surface area contributed by atoms with Crippen molar-refractivity contribution in [1.82, 2.24) is 0 Å². The van der Waals surface area contributed by atoms with Crippen LogP contribution >= 0.6 is 0 Å². The summed E-state index contributed by atoms with van der Waals surface area (Å²) in [4.78, 5) is 5.26. The van der Waals surface area contributed by atoms with Crippen LogP contribution in [0.1, 0.15) is 57.2 Å². The molecule has 0 unspecified atom stereocenters. The fourth-order valence-corrected chi connectivity index (χ4v) is 11.8. The smallest absolute Gasteiger partial charge is 0.333 e. The molecule has 10 aromatic rings. The van der Waals surface area contributed by atoms with Crippen molar-refractivity contribution in [1.29, 1.82) is 0 Å². The average molecular weight is 863 g/mol. The number of anilines is 5. The Kier molecular flexibility index (Phi) is 8.74. The van der Waals surface area contributed by atoms with E-state index in [-0.39, 0.29) is 17.7 Å². The Morgan fingerprint density at radius 1 is 0.463 bits per heavy atom. The van der Waals surface area contributed by atoms with Crippen LogP contribution in [0.25, 0.3) is 66.4 Å². The van der Waals surface area contributed by atoms with Crippen LogP contribution < -0.4 is 20.6 Å². The van der Waals surface area contributed by atoms with Crippen LogP contribution in [0.4, 0.5) is 28.4 Å². The molecule has 0 N–H and O–H groups in total. The summed E-state index contributed by atoms with van der Waals surface area (Å²) in [5.41, 5.74) is 24.1. The molecule has 2 aliphatic heterocycles. The first-order valence-electron chi connectivity index (χ1n) is 23.9. The minimum atomic E-state index is -0.198. The Labute approximate surface area is 394 Å². The van der Waals surface area contributed by atoms with Crippen molar-refractivity contribution < 1.29 is 4.42 Å². The topological polar surface area (TPSA) is 19.6 Å². The van der Waals surface area contributed by atoms with Crippen LogP contribution in [0, 0.1) is 6.92 Å². The van der Waals surface area contributed by atoms with Crippen molar-refractivity contribution in [2.75, 3.05) is 9.71 Å². The standard InChI is InChI=1S/C63H51BN2O/c1-40-34-50-51(63(4,5)33-32-62(50,2)3)38-54(40)65-53-31-29-45(42-20-11-7-12-21-42)36-52(53)64-61-56(65)39-58-59(49-26-15-16-27-57(49)67-58)60(61)48-30-28-46(43-22-13-8-14-23-43)37-55(48)66(64)47-25-17-24-44(35-47)41-18-9-6-10-19-41/h6-31,34-39H,32-33H2,1-5H3. The highest BCUT2D eigenvalue weighted by Gasteiger charge is 2.47. The molecule has 322 valence electrons. The van der Waals surface area contributed by atoms with Crippen molar-refractivity contribution in [3.63, 3.8) is 0 Å². The lowest BCUT2D eigenvalue weighted by Crippen LogP contribution is -2.61. The van der Waals surface area contributed by atoms with E-state index < -0.39 is 0 Å². The summed E-state index contributed by atoms with van der Waals surface area (Å²) in [6, 6.07) is 72.1. The lowest BCUT2D eigenvalue weighted by atomic mass is 9.43. The Morgan fingerprint density at radius 3 is 1.73 bits per heavy atom. The number of hydrogen-bond donors (Lipinski definition) is 0. The summed E-state index contributed by atoms with van der Waals surface area (Å²) in [7, 11) is 0. The predicted molar refractivity (Wildman–Crippen MR) is 284 cm³/mol. The lowest BCUT2D eigenvalue weighted by Gasteiger charge is -2.47. The zero-order valence-electron chi connectivity index (χ0n) is 38.8. The fraction of sp³-hybridized carbons (Fsp3) is 0.143. The van der Waals surface area contributed by atoms with E-state index in [1.54, 1.807) is 0 Å². The van der Waals surface area contributed by atoms with Gasteiger partial charge in [-0.2, -0.15) is 0 Å². The number of furan rings is 1. The number of benzene rings is 9. The Balaban J connectivity index is 1.18. The number of aryl methyl sites for hydroxylation is 1. The van der Waals surface area contributed by atoms with Crippen molar-refractivity contribution >= 4 is 68.1 Å². The van der Waals surface area contributed by atoms with Gasteiger partial charge in [-0.05, 0) is 134 Å². The molecule has 0 radical (unpaired) electrons. The fourth-order valence-electron chi connectivity index (χ4n) is 11.8. The second-order valence-corrected chi connectivity index (χ2v) is 20.4. The Bertz CT molecular complexity index is 3610. The zero-order valence-corrected chi connectivity index (χ0v) is 38.8. The van der Waals surface area contributed by atoms with Gasteiger partial charge in [-0.1, -0.05) is 179 Å². The van der Waals surface area contributed by atoms with Gasteiger partial charge < -0.3 is 14.1 Å². The number of hydrogen-bond acceptors (Lipinski definition) is 3. The molecular weight excluding hydrogens is 812 g/mol. The van der Waals surface area contributed by atoms with E-state index in [4.69, 9.17) is 4.42 Å². The molecule has 0 spiro atoms. The summed E-state index contributed by atoms with van der Waals surface area (Å²) in [6.07, 6.45) is 2.32. The summed E-state index contributed by atoms with van der Waals surface area (Å²) < 4.78 is 6.99. The summed E-state index contributed by atoms with van der Waals surface area (Å²) in [5, 5.41) is 2.30. The number of fused-ring (bicyclic) bond motifs is 9. The third kappa shape index (κ3) is 6.12. The van der Waals surface area contributed by atoms with Gasteiger partial charge in [-0.25, -0.2) is 0 Å². The normalized spacial score (nSPS) is 15.3. The molecule has 3 heterocycles. The van der Waals surface area contributed by atoms with Gasteiger partial charge in [0.2, 0.25) is 0 Å². The molecule has 4 heteroatoms. The summed E-state index contributed by atoms with van der Waals surface area (Å²) in [5.74, 6) is 0. The molecule has 0 fully saturated rings. The van der Waals surface area contributed by atoms with Crippen molar-refractivity contribution in [2.45, 2.75) is 58.3 Å². The van der Waals surface area contributed by atoms with Gasteiger partial charge in [-0.15, -0.1) is 0 Å². The summed E-state index contributed by atoms with van der Waals surface area (Å²) in [6.45, 7) is 11.9. The van der Waals surface area contributed by atoms with Crippen molar-refractivity contribution in [3.8, 4) is 44.5 Å². The lowest BCUT2D eigenvalue weighted by molar-refractivity contribution is 0.332. The highest BCUT2D eigenvalue weighted by Crippen LogP contribution is 2.54. The molecule has 0 saturated carbocycles. The maximum Gasteiger partial charge on any atom is 0.333 e. The number of para-hydroxylation sites is 1. The quantitative estimate of drug-likeness (QED) is 0.161. The van der Waals surface area contributed by atoms with Gasteiger partial charge in [0, 0.05) is 50.8 Å². The molecule has 9 aromatic carbocycles. The highest BCUT2D eigenvalue weighted by molar-refractivity contribution is 6.94. The van der Waals surface area contributed by atoms with Crippen molar-refractivity contribution in [2.24, 2.45) is 0 Å². The number of nitrogens with zero attached hydrogens (tertiary/aromatic N) is 2. The van der Waals surface area contributed by atoms with E-state index in [0.717, 1.165) is 34.3 Å². The molecule has 3 nitrogen and oxygen atoms in total. The van der Waals surface area contributed by atoms with Gasteiger partial charge in [0.15, 0.2) is 0 Å². The Morgan fingerprint density at radius 2 is 1.04 bits per heavy atom. The molecule has 0 atom stereocenters. The monoisotopic (exact) mass is 862 g/mol.